The van der Waals surface area contributed by atoms with Gasteiger partial charge in [0.2, 0.25) is 5.91 Å². The molecule has 0 saturated carbocycles. The maximum atomic E-state index is 12.4. The average molecular weight is 452 g/mol. The minimum atomic E-state index is -0.220. The van der Waals surface area contributed by atoms with Gasteiger partial charge < -0.3 is 19.7 Å². The summed E-state index contributed by atoms with van der Waals surface area (Å²) in [5, 5.41) is 14.0. The first-order valence-electron chi connectivity index (χ1n) is 8.66. The molecule has 0 saturated heterocycles. The number of aromatic nitrogens is 2. The first kappa shape index (κ1) is 21.5. The summed E-state index contributed by atoms with van der Waals surface area (Å²) in [4.78, 5) is 16.8. The number of amides is 1. The molecule has 2 N–H and O–H groups in total. The lowest BCUT2D eigenvalue weighted by atomic mass is 10.2. The van der Waals surface area contributed by atoms with Crippen LogP contribution in [0.1, 0.15) is 11.3 Å². The summed E-state index contributed by atoms with van der Waals surface area (Å²) in [6, 6.07) is 12.5. The van der Waals surface area contributed by atoms with E-state index in [4.69, 9.17) is 27.9 Å². The van der Waals surface area contributed by atoms with Crippen molar-refractivity contribution in [1.82, 2.24) is 9.55 Å². The molecule has 0 aliphatic heterocycles. The van der Waals surface area contributed by atoms with Gasteiger partial charge in [-0.05, 0) is 35.9 Å². The number of hydrogen-bond donors (Lipinski definition) is 2. The summed E-state index contributed by atoms with van der Waals surface area (Å²) in [6.45, 7) is 0.378. The van der Waals surface area contributed by atoms with Gasteiger partial charge in [-0.2, -0.15) is 0 Å². The predicted molar refractivity (Wildman–Crippen MR) is 116 cm³/mol. The molecule has 0 aliphatic rings. The molecule has 0 atom stereocenters. The molecule has 1 heterocycles. The number of methoxy groups -OCH3 is 1. The second-order valence-corrected chi connectivity index (χ2v) is 7.92. The summed E-state index contributed by atoms with van der Waals surface area (Å²) < 4.78 is 7.14. The number of halogens is 2. The highest BCUT2D eigenvalue weighted by Crippen LogP contribution is 2.28. The van der Waals surface area contributed by atoms with Gasteiger partial charge >= 0.3 is 0 Å². The first-order chi connectivity index (χ1) is 14.0. The minimum absolute atomic E-state index is 0.137. The summed E-state index contributed by atoms with van der Waals surface area (Å²) >= 11 is 13.2. The SMILES string of the molecule is COc1ccc(Cl)cc1NC(=O)CSc1nc(CO)cn1Cc1ccc(Cl)cc1. The van der Waals surface area contributed by atoms with Gasteiger partial charge in [-0.15, -0.1) is 0 Å². The molecule has 0 bridgehead atoms. The number of aliphatic hydroxyl groups is 1. The number of carbonyl (C=O) groups is 1. The van der Waals surface area contributed by atoms with Crippen molar-refractivity contribution < 1.29 is 14.6 Å². The quantitative estimate of drug-likeness (QED) is 0.494. The van der Waals surface area contributed by atoms with Crippen molar-refractivity contribution in [3.63, 3.8) is 0 Å². The Kier molecular flexibility index (Phi) is 7.44. The molecule has 0 radical (unpaired) electrons. The normalized spacial score (nSPS) is 10.8. The molecule has 3 rings (SSSR count). The van der Waals surface area contributed by atoms with E-state index in [1.807, 2.05) is 28.8 Å². The van der Waals surface area contributed by atoms with Crippen LogP contribution in [0.5, 0.6) is 5.75 Å². The van der Waals surface area contributed by atoms with E-state index >= 15 is 0 Å². The van der Waals surface area contributed by atoms with Gasteiger partial charge in [0, 0.05) is 22.8 Å². The van der Waals surface area contributed by atoms with Crippen molar-refractivity contribution in [3.05, 3.63) is 70.0 Å². The van der Waals surface area contributed by atoms with E-state index < -0.39 is 0 Å². The third-order valence-electron chi connectivity index (χ3n) is 3.99. The fourth-order valence-corrected chi connectivity index (χ4v) is 3.73. The Labute approximate surface area is 182 Å². The van der Waals surface area contributed by atoms with Crippen LogP contribution in [-0.4, -0.2) is 33.4 Å². The Morgan fingerprint density at radius 1 is 1.21 bits per heavy atom. The van der Waals surface area contributed by atoms with Crippen LogP contribution in [0.25, 0.3) is 0 Å². The molecular formula is C20H19Cl2N3O3S. The van der Waals surface area contributed by atoms with Crippen LogP contribution in [-0.2, 0) is 17.9 Å². The van der Waals surface area contributed by atoms with E-state index in [9.17, 15) is 9.90 Å². The molecule has 29 heavy (non-hydrogen) atoms. The van der Waals surface area contributed by atoms with E-state index in [0.717, 1.165) is 5.56 Å². The third-order valence-corrected chi connectivity index (χ3v) is 5.46. The topological polar surface area (TPSA) is 76.4 Å². The van der Waals surface area contributed by atoms with Gasteiger partial charge in [0.05, 0.1) is 30.9 Å². The van der Waals surface area contributed by atoms with E-state index in [0.29, 0.717) is 38.9 Å². The smallest absolute Gasteiger partial charge is 0.234 e. The molecule has 0 aliphatic carbocycles. The molecule has 9 heteroatoms. The van der Waals surface area contributed by atoms with E-state index in [1.54, 1.807) is 24.4 Å². The van der Waals surface area contributed by atoms with Crippen LogP contribution in [0.15, 0.2) is 53.8 Å². The molecule has 1 aromatic heterocycles. The lowest BCUT2D eigenvalue weighted by Gasteiger charge is -2.11. The van der Waals surface area contributed by atoms with Crippen molar-refractivity contribution in [2.75, 3.05) is 18.2 Å². The Morgan fingerprint density at radius 2 is 1.93 bits per heavy atom. The van der Waals surface area contributed by atoms with Crippen molar-refractivity contribution in [3.8, 4) is 5.75 Å². The lowest BCUT2D eigenvalue weighted by Crippen LogP contribution is -2.15. The van der Waals surface area contributed by atoms with Gasteiger partial charge in [0.1, 0.15) is 5.75 Å². The highest BCUT2D eigenvalue weighted by molar-refractivity contribution is 7.99. The fraction of sp³-hybridized carbons (Fsp3) is 0.200. The van der Waals surface area contributed by atoms with Crippen molar-refractivity contribution in [2.24, 2.45) is 0 Å². The number of thioether (sulfide) groups is 1. The minimum Gasteiger partial charge on any atom is -0.495 e. The summed E-state index contributed by atoms with van der Waals surface area (Å²) in [5.41, 5.74) is 2.08. The van der Waals surface area contributed by atoms with Crippen LogP contribution < -0.4 is 10.1 Å². The highest BCUT2D eigenvalue weighted by atomic mass is 35.5. The zero-order valence-corrected chi connectivity index (χ0v) is 17.9. The zero-order chi connectivity index (χ0) is 20.8. The third kappa shape index (κ3) is 5.90. The highest BCUT2D eigenvalue weighted by Gasteiger charge is 2.13. The molecule has 152 valence electrons. The maximum absolute atomic E-state index is 12.4. The second kappa shape index (κ2) is 10.0. The van der Waals surface area contributed by atoms with Crippen LogP contribution >= 0.6 is 35.0 Å². The molecule has 0 fully saturated rings. The number of carbonyl (C=O) groups excluding carboxylic acids is 1. The number of imidazole rings is 1. The Balaban J connectivity index is 1.68. The zero-order valence-electron chi connectivity index (χ0n) is 15.6. The van der Waals surface area contributed by atoms with Gasteiger partial charge in [-0.1, -0.05) is 47.1 Å². The number of benzene rings is 2. The van der Waals surface area contributed by atoms with Gasteiger partial charge in [0.15, 0.2) is 5.16 Å². The predicted octanol–water partition coefficient (Wildman–Crippen LogP) is 4.47. The molecule has 0 unspecified atom stereocenters. The number of anilines is 1. The number of nitrogens with one attached hydrogen (secondary N) is 1. The summed E-state index contributed by atoms with van der Waals surface area (Å²) in [6.07, 6.45) is 1.77. The number of nitrogens with zero attached hydrogens (tertiary/aromatic N) is 2. The number of aliphatic hydroxyl groups excluding tert-OH is 1. The van der Waals surface area contributed by atoms with E-state index in [-0.39, 0.29) is 18.3 Å². The van der Waals surface area contributed by atoms with Crippen LogP contribution in [0, 0.1) is 0 Å². The van der Waals surface area contributed by atoms with E-state index in [2.05, 4.69) is 10.3 Å². The fourth-order valence-electron chi connectivity index (χ4n) is 2.64. The van der Waals surface area contributed by atoms with Crippen LogP contribution in [0.3, 0.4) is 0 Å². The molecule has 0 spiro atoms. The molecule has 2 aromatic carbocycles. The molecule has 1 amide bonds. The Bertz CT molecular complexity index is 993. The standard InChI is InChI=1S/C20H19Cl2N3O3S/c1-28-18-7-6-15(22)8-17(18)24-19(27)12-29-20-23-16(11-26)10-25(20)9-13-2-4-14(21)5-3-13/h2-8,10,26H,9,11-12H2,1H3,(H,24,27). The summed E-state index contributed by atoms with van der Waals surface area (Å²) in [7, 11) is 1.53. The largest absolute Gasteiger partial charge is 0.495 e. The Hall–Kier alpha value is -2.19. The van der Waals surface area contributed by atoms with Crippen molar-refractivity contribution >= 4 is 46.6 Å². The first-order valence-corrected chi connectivity index (χ1v) is 10.4. The maximum Gasteiger partial charge on any atom is 0.234 e. The number of hydrogen-bond acceptors (Lipinski definition) is 5. The Morgan fingerprint density at radius 3 is 2.62 bits per heavy atom. The lowest BCUT2D eigenvalue weighted by molar-refractivity contribution is -0.113. The van der Waals surface area contributed by atoms with Gasteiger partial charge in [0.25, 0.3) is 0 Å². The second-order valence-electron chi connectivity index (χ2n) is 6.11. The van der Waals surface area contributed by atoms with Crippen molar-refractivity contribution in [1.29, 1.82) is 0 Å². The monoisotopic (exact) mass is 451 g/mol. The molecule has 6 nitrogen and oxygen atoms in total. The van der Waals surface area contributed by atoms with Gasteiger partial charge in [-0.3, -0.25) is 4.79 Å². The van der Waals surface area contributed by atoms with Crippen LogP contribution in [0.2, 0.25) is 10.0 Å². The van der Waals surface area contributed by atoms with E-state index in [1.165, 1.54) is 18.9 Å². The van der Waals surface area contributed by atoms with Crippen LogP contribution in [0.4, 0.5) is 5.69 Å². The number of ether oxygens (including phenoxy) is 1. The average Bonchev–Trinajstić information content (AvgIpc) is 3.10. The summed E-state index contributed by atoms with van der Waals surface area (Å²) in [5.74, 6) is 0.444. The molecular weight excluding hydrogens is 433 g/mol. The van der Waals surface area contributed by atoms with Gasteiger partial charge in [-0.25, -0.2) is 4.98 Å². The molecule has 3 aromatic rings. The number of rotatable bonds is 8. The van der Waals surface area contributed by atoms with Crippen molar-refractivity contribution in [2.45, 2.75) is 18.3 Å².